The number of carbonyl (C=O) groups excluding carboxylic acids is 4. The largest absolute Gasteiger partial charge is 0.458 e. The first-order chi connectivity index (χ1) is 18.2. The molecule has 0 aromatic carbocycles. The fourth-order valence-electron chi connectivity index (χ4n) is 4.34. The van der Waals surface area contributed by atoms with E-state index >= 15 is 0 Å². The van der Waals surface area contributed by atoms with Crippen molar-refractivity contribution >= 4 is 47.3 Å². The summed E-state index contributed by atoms with van der Waals surface area (Å²) in [6.45, 7) is 22.1. The Morgan fingerprint density at radius 3 is 1.54 bits per heavy atom. The van der Waals surface area contributed by atoms with E-state index in [1.165, 1.54) is 9.80 Å². The van der Waals surface area contributed by atoms with Gasteiger partial charge in [-0.2, -0.15) is 0 Å². The average Bonchev–Trinajstić information content (AvgIpc) is 3.14. The Hall–Kier alpha value is -2.20. The van der Waals surface area contributed by atoms with E-state index < -0.39 is 62.9 Å². The van der Waals surface area contributed by atoms with Gasteiger partial charge >= 0.3 is 24.1 Å². The van der Waals surface area contributed by atoms with Crippen LogP contribution in [-0.4, -0.2) is 85.8 Å². The van der Waals surface area contributed by atoms with Crippen molar-refractivity contribution in [3.63, 3.8) is 0 Å². The van der Waals surface area contributed by atoms with Crippen molar-refractivity contribution in [1.82, 2.24) is 9.80 Å². The molecular weight excluding hydrogens is 575 g/mol. The molecule has 12 heteroatoms. The second-order valence-electron chi connectivity index (χ2n) is 14.5. The van der Waals surface area contributed by atoms with E-state index in [2.05, 4.69) is 0 Å². The average molecular weight is 622 g/mol. The third-order valence-corrected chi connectivity index (χ3v) is 6.91. The number of piperidine rings is 1. The van der Waals surface area contributed by atoms with Crippen LogP contribution in [0.2, 0.25) is 0 Å². The van der Waals surface area contributed by atoms with Gasteiger partial charge in [0.15, 0.2) is 6.04 Å². The van der Waals surface area contributed by atoms with Gasteiger partial charge < -0.3 is 18.9 Å². The van der Waals surface area contributed by atoms with Gasteiger partial charge in [-0.3, -0.25) is 9.80 Å². The number of rotatable bonds is 2. The number of alkyl halides is 2. The van der Waals surface area contributed by atoms with Gasteiger partial charge in [-0.25, -0.2) is 19.2 Å². The number of fused-ring (bicyclic) bond motifs is 1. The van der Waals surface area contributed by atoms with Crippen LogP contribution in [0.25, 0.3) is 0 Å². The van der Waals surface area contributed by atoms with E-state index in [1.54, 1.807) is 95.2 Å². The molecule has 2 aliphatic heterocycles. The lowest BCUT2D eigenvalue weighted by atomic mass is 10.1. The van der Waals surface area contributed by atoms with E-state index in [0.29, 0.717) is 13.1 Å². The number of halogens is 2. The second-order valence-corrected chi connectivity index (χ2v) is 15.9. The SMILES string of the molecule is CC(C)(C)OC(=O)[C@@H]1C=CCN1C(=O)OC(C)(C)C.CC(C)(C)OC(=O)[C@@H]1[C@@H]2[C@H](CN1C(=O)OC(C)(C)C)C2(Cl)Cl. The molecule has 0 aromatic heterocycles. The molecule has 1 saturated heterocycles. The highest BCUT2D eigenvalue weighted by atomic mass is 35.5. The highest BCUT2D eigenvalue weighted by molar-refractivity contribution is 6.51. The lowest BCUT2D eigenvalue weighted by Crippen LogP contribution is -2.49. The van der Waals surface area contributed by atoms with Crippen molar-refractivity contribution in [1.29, 1.82) is 0 Å². The number of amides is 2. The van der Waals surface area contributed by atoms with Crippen molar-refractivity contribution in [3.8, 4) is 0 Å². The predicted octanol–water partition coefficient (Wildman–Crippen LogP) is 5.87. The molecule has 3 rings (SSSR count). The van der Waals surface area contributed by atoms with Crippen molar-refractivity contribution in [3.05, 3.63) is 12.2 Å². The van der Waals surface area contributed by atoms with Gasteiger partial charge in [0.25, 0.3) is 0 Å². The van der Waals surface area contributed by atoms with Crippen LogP contribution in [0.3, 0.4) is 0 Å². The summed E-state index contributed by atoms with van der Waals surface area (Å²) in [5.74, 6) is -1.36. The topological polar surface area (TPSA) is 112 Å². The first-order valence-electron chi connectivity index (χ1n) is 13.7. The fraction of sp³-hybridized carbons (Fsp3) is 0.793. The van der Waals surface area contributed by atoms with Gasteiger partial charge in [-0.1, -0.05) is 12.2 Å². The number of nitrogens with zero attached hydrogens (tertiary/aromatic N) is 2. The summed E-state index contributed by atoms with van der Waals surface area (Å²) in [4.78, 5) is 51.6. The van der Waals surface area contributed by atoms with Gasteiger partial charge in [0.05, 0.1) is 0 Å². The van der Waals surface area contributed by atoms with E-state index in [-0.39, 0.29) is 11.8 Å². The van der Waals surface area contributed by atoms with Crippen LogP contribution >= 0.6 is 23.2 Å². The predicted molar refractivity (Wildman–Crippen MR) is 156 cm³/mol. The molecule has 0 spiro atoms. The number of ether oxygens (including phenoxy) is 4. The zero-order valence-electron chi connectivity index (χ0n) is 26.3. The van der Waals surface area contributed by atoms with Crippen molar-refractivity contribution in [2.24, 2.45) is 11.8 Å². The number of carbonyl (C=O) groups is 4. The molecule has 234 valence electrons. The zero-order chi connectivity index (χ0) is 31.9. The molecule has 1 saturated carbocycles. The summed E-state index contributed by atoms with van der Waals surface area (Å²) in [7, 11) is 0. The minimum atomic E-state index is -0.972. The first-order valence-corrected chi connectivity index (χ1v) is 14.5. The Labute approximate surface area is 253 Å². The molecule has 0 bridgehead atoms. The molecule has 0 aromatic rings. The Morgan fingerprint density at radius 2 is 1.10 bits per heavy atom. The minimum absolute atomic E-state index is 0.124. The fourth-order valence-corrected chi connectivity index (χ4v) is 5.17. The second kappa shape index (κ2) is 11.8. The maximum Gasteiger partial charge on any atom is 0.411 e. The van der Waals surface area contributed by atoms with Crippen LogP contribution in [0.15, 0.2) is 12.2 Å². The van der Waals surface area contributed by atoms with E-state index in [9.17, 15) is 19.2 Å². The highest BCUT2D eigenvalue weighted by Crippen LogP contribution is 2.65. The molecule has 2 fully saturated rings. The van der Waals surface area contributed by atoms with Crippen molar-refractivity contribution in [2.75, 3.05) is 13.1 Å². The molecular formula is C29H46Cl2N2O8. The molecule has 4 atom stereocenters. The lowest BCUT2D eigenvalue weighted by molar-refractivity contribution is -0.161. The maximum atomic E-state index is 12.5. The van der Waals surface area contributed by atoms with Crippen molar-refractivity contribution in [2.45, 2.75) is 122 Å². The molecule has 41 heavy (non-hydrogen) atoms. The lowest BCUT2D eigenvalue weighted by Gasteiger charge is -2.32. The van der Waals surface area contributed by atoms with Crippen LogP contribution in [0.4, 0.5) is 9.59 Å². The molecule has 2 amide bonds. The summed E-state index contributed by atoms with van der Waals surface area (Å²) in [5.41, 5.74) is -2.45. The quantitative estimate of drug-likeness (QED) is 0.163. The monoisotopic (exact) mass is 620 g/mol. The molecule has 10 nitrogen and oxygen atoms in total. The van der Waals surface area contributed by atoms with Crippen LogP contribution in [0.5, 0.6) is 0 Å². The summed E-state index contributed by atoms with van der Waals surface area (Å²) >= 11 is 12.4. The molecule has 0 N–H and O–H groups in total. The summed E-state index contributed by atoms with van der Waals surface area (Å²) in [6.07, 6.45) is 2.38. The summed E-state index contributed by atoms with van der Waals surface area (Å²) < 4.78 is 20.4. The Bertz CT molecular complexity index is 1050. The smallest absolute Gasteiger partial charge is 0.411 e. The van der Waals surface area contributed by atoms with E-state index in [0.717, 1.165) is 0 Å². The van der Waals surface area contributed by atoms with Gasteiger partial charge in [0, 0.05) is 24.9 Å². The standard InChI is InChI=1S/C15H23Cl2NO4.C14H23NO4/c1-13(2,3)21-11(19)10-9-8(15(9,16)17)7-18(10)12(20)22-14(4,5)6;1-13(2,3)18-11(16)10-8-7-9-15(10)12(17)19-14(4,5)6/h8-10H,7H2,1-6H3;7-8,10H,9H2,1-6H3/t8-,9-,10-;10-/m00/s1. The third kappa shape index (κ3) is 9.94. The molecule has 1 aliphatic carbocycles. The van der Waals surface area contributed by atoms with E-state index in [1.807, 2.05) is 0 Å². The Morgan fingerprint density at radius 1 is 0.683 bits per heavy atom. The van der Waals surface area contributed by atoms with Crippen LogP contribution < -0.4 is 0 Å². The molecule has 2 heterocycles. The van der Waals surface area contributed by atoms with Crippen LogP contribution in [0.1, 0.15) is 83.1 Å². The number of hydrogen-bond donors (Lipinski definition) is 0. The van der Waals surface area contributed by atoms with E-state index in [4.69, 9.17) is 42.1 Å². The minimum Gasteiger partial charge on any atom is -0.458 e. The number of hydrogen-bond acceptors (Lipinski definition) is 8. The zero-order valence-corrected chi connectivity index (χ0v) is 27.8. The Balaban J connectivity index is 0.000000290. The van der Waals surface area contributed by atoms with Gasteiger partial charge in [0.2, 0.25) is 0 Å². The van der Waals surface area contributed by atoms with Crippen LogP contribution in [0, 0.1) is 11.8 Å². The first kappa shape index (κ1) is 35.0. The molecule has 0 unspecified atom stereocenters. The maximum absolute atomic E-state index is 12.5. The number of likely N-dealkylation sites (tertiary alicyclic amines) is 1. The normalized spacial score (nSPS) is 25.0. The highest BCUT2D eigenvalue weighted by Gasteiger charge is 2.74. The van der Waals surface area contributed by atoms with Crippen LogP contribution in [-0.2, 0) is 28.5 Å². The Kier molecular flexibility index (Phi) is 10.1. The number of esters is 2. The summed E-state index contributed by atoms with van der Waals surface area (Å²) in [5, 5.41) is 0. The van der Waals surface area contributed by atoms with Gasteiger partial charge in [0.1, 0.15) is 32.8 Å². The van der Waals surface area contributed by atoms with Gasteiger partial charge in [-0.15, -0.1) is 23.2 Å². The van der Waals surface area contributed by atoms with Crippen molar-refractivity contribution < 1.29 is 38.1 Å². The molecule has 3 aliphatic rings. The summed E-state index contributed by atoms with van der Waals surface area (Å²) in [6, 6.07) is -1.50. The molecule has 0 radical (unpaired) electrons. The van der Waals surface area contributed by atoms with Gasteiger partial charge in [-0.05, 0) is 83.1 Å². The third-order valence-electron chi connectivity index (χ3n) is 5.84.